The van der Waals surface area contributed by atoms with Crippen LogP contribution in [0.3, 0.4) is 0 Å². The molecule has 0 aromatic carbocycles. The topological polar surface area (TPSA) is 38.8 Å². The molecule has 1 aliphatic rings. The molecule has 154 valence electrons. The van der Waals surface area contributed by atoms with Gasteiger partial charge in [0, 0.05) is 6.42 Å². The van der Waals surface area contributed by atoms with E-state index in [0.29, 0.717) is 32.7 Å². The van der Waals surface area contributed by atoms with Gasteiger partial charge in [-0.05, 0) is 32.1 Å². The summed E-state index contributed by atoms with van der Waals surface area (Å²) in [6.07, 6.45) is 21.8. The van der Waals surface area contributed by atoms with E-state index < -0.39 is 0 Å². The molecular formula is C22H42NNaO3. The maximum Gasteiger partial charge on any atom is 1.00 e. The number of ether oxygens (including phenoxy) is 1. The fourth-order valence-corrected chi connectivity index (χ4v) is 3.17. The van der Waals surface area contributed by atoms with Crippen molar-refractivity contribution in [2.45, 2.75) is 96.8 Å². The molecule has 0 N–H and O–H groups in total. The third-order valence-corrected chi connectivity index (χ3v) is 4.84. The van der Waals surface area contributed by atoms with Crippen LogP contribution in [0.15, 0.2) is 12.2 Å². The smallest absolute Gasteiger partial charge is 1.00 e. The molecule has 0 aromatic rings. The summed E-state index contributed by atoms with van der Waals surface area (Å²) in [7, 11) is 0. The van der Waals surface area contributed by atoms with Gasteiger partial charge in [-0.1, -0.05) is 70.4 Å². The van der Waals surface area contributed by atoms with Gasteiger partial charge in [-0.3, -0.25) is 4.79 Å². The Bertz CT molecular complexity index is 364. The Kier molecular flexibility index (Phi) is 21.0. The molecule has 1 aliphatic heterocycles. The second-order valence-electron chi connectivity index (χ2n) is 7.34. The van der Waals surface area contributed by atoms with Gasteiger partial charge in [0.2, 0.25) is 0 Å². The Labute approximate surface area is 191 Å². The fourth-order valence-electron chi connectivity index (χ4n) is 3.17. The van der Waals surface area contributed by atoms with Crippen molar-refractivity contribution in [1.82, 2.24) is 5.06 Å². The minimum atomic E-state index is -0.0930. The summed E-state index contributed by atoms with van der Waals surface area (Å²) in [6.45, 7) is 4.96. The zero-order valence-corrected chi connectivity index (χ0v) is 20.1. The zero-order chi connectivity index (χ0) is 18.7. The Morgan fingerprint density at radius 3 is 2.00 bits per heavy atom. The van der Waals surface area contributed by atoms with Crippen LogP contribution in [0.5, 0.6) is 0 Å². The predicted molar refractivity (Wildman–Crippen MR) is 109 cm³/mol. The van der Waals surface area contributed by atoms with Gasteiger partial charge in [0.25, 0.3) is 0 Å². The first-order valence-corrected chi connectivity index (χ1v) is 11.0. The van der Waals surface area contributed by atoms with Crippen molar-refractivity contribution in [2.75, 3.05) is 26.3 Å². The SMILES string of the molecule is CCCCCCCC/C=C\CCCCCCCC(=O)ON1CCOCC1.[H-].[Na+]. The van der Waals surface area contributed by atoms with E-state index in [1.165, 1.54) is 70.6 Å². The number of carbonyl (C=O) groups excluding carboxylic acids is 1. The van der Waals surface area contributed by atoms with Crippen LogP contribution in [0.25, 0.3) is 0 Å². The van der Waals surface area contributed by atoms with Crippen molar-refractivity contribution in [2.24, 2.45) is 0 Å². The normalized spacial score (nSPS) is 15.0. The van der Waals surface area contributed by atoms with Crippen LogP contribution in [0.2, 0.25) is 0 Å². The van der Waals surface area contributed by atoms with Crippen molar-refractivity contribution in [3.8, 4) is 0 Å². The van der Waals surface area contributed by atoms with Crippen LogP contribution in [0.1, 0.15) is 98.2 Å². The molecule has 1 fully saturated rings. The van der Waals surface area contributed by atoms with E-state index in [4.69, 9.17) is 9.57 Å². The molecule has 0 aromatic heterocycles. The second-order valence-corrected chi connectivity index (χ2v) is 7.34. The quantitative estimate of drug-likeness (QED) is 0.230. The van der Waals surface area contributed by atoms with Crippen molar-refractivity contribution in [1.29, 1.82) is 0 Å². The minimum Gasteiger partial charge on any atom is -1.00 e. The molecular weight excluding hydrogens is 349 g/mol. The number of morpholine rings is 1. The van der Waals surface area contributed by atoms with E-state index in [2.05, 4.69) is 19.1 Å². The Balaban J connectivity index is 0. The van der Waals surface area contributed by atoms with Gasteiger partial charge >= 0.3 is 35.5 Å². The number of carbonyl (C=O) groups is 1. The van der Waals surface area contributed by atoms with E-state index in [1.54, 1.807) is 5.06 Å². The van der Waals surface area contributed by atoms with E-state index >= 15 is 0 Å². The molecule has 0 unspecified atom stereocenters. The largest absolute Gasteiger partial charge is 1.00 e. The van der Waals surface area contributed by atoms with Crippen LogP contribution >= 0.6 is 0 Å². The average molecular weight is 392 g/mol. The molecule has 5 heteroatoms. The molecule has 1 rings (SSSR count). The van der Waals surface area contributed by atoms with Gasteiger partial charge in [-0.25, -0.2) is 0 Å². The minimum absolute atomic E-state index is 0. The molecule has 0 spiro atoms. The molecule has 1 saturated heterocycles. The molecule has 0 atom stereocenters. The first-order chi connectivity index (χ1) is 12.8. The third-order valence-electron chi connectivity index (χ3n) is 4.84. The van der Waals surface area contributed by atoms with Gasteiger partial charge < -0.3 is 11.0 Å². The summed E-state index contributed by atoms with van der Waals surface area (Å²) in [5.74, 6) is -0.0930. The Morgan fingerprint density at radius 2 is 1.41 bits per heavy atom. The predicted octanol–water partition coefficient (Wildman–Crippen LogP) is 2.93. The summed E-state index contributed by atoms with van der Waals surface area (Å²) < 4.78 is 5.23. The number of unbranched alkanes of at least 4 members (excludes halogenated alkanes) is 11. The van der Waals surface area contributed by atoms with Crippen molar-refractivity contribution >= 4 is 5.97 Å². The third kappa shape index (κ3) is 17.9. The summed E-state index contributed by atoms with van der Waals surface area (Å²) in [5, 5.41) is 1.73. The first kappa shape index (κ1) is 27.1. The van der Waals surface area contributed by atoms with Gasteiger partial charge in [0.15, 0.2) is 0 Å². The van der Waals surface area contributed by atoms with E-state index in [0.717, 1.165) is 12.8 Å². The Morgan fingerprint density at radius 1 is 0.889 bits per heavy atom. The van der Waals surface area contributed by atoms with Crippen LogP contribution in [0, 0.1) is 0 Å². The van der Waals surface area contributed by atoms with E-state index in [9.17, 15) is 4.79 Å². The fraction of sp³-hybridized carbons (Fsp3) is 0.864. The van der Waals surface area contributed by atoms with Crippen LogP contribution in [-0.2, 0) is 14.4 Å². The van der Waals surface area contributed by atoms with E-state index in [-0.39, 0.29) is 37.0 Å². The van der Waals surface area contributed by atoms with Gasteiger partial charge in [-0.15, -0.1) is 5.06 Å². The monoisotopic (exact) mass is 391 g/mol. The number of allylic oxidation sites excluding steroid dienone is 2. The summed E-state index contributed by atoms with van der Waals surface area (Å²) in [4.78, 5) is 17.0. The zero-order valence-electron chi connectivity index (χ0n) is 19.1. The summed E-state index contributed by atoms with van der Waals surface area (Å²) in [5.41, 5.74) is 0. The molecule has 0 saturated carbocycles. The van der Waals surface area contributed by atoms with Crippen molar-refractivity contribution in [3.05, 3.63) is 12.2 Å². The van der Waals surface area contributed by atoms with Gasteiger partial charge in [0.1, 0.15) is 0 Å². The number of nitrogens with zero attached hydrogens (tertiary/aromatic N) is 1. The first-order valence-electron chi connectivity index (χ1n) is 11.0. The number of hydrogen-bond acceptors (Lipinski definition) is 4. The molecule has 0 radical (unpaired) electrons. The van der Waals surface area contributed by atoms with Crippen LogP contribution in [-0.4, -0.2) is 37.3 Å². The molecule has 27 heavy (non-hydrogen) atoms. The Hall–Kier alpha value is 0.130. The number of hydrogen-bond donors (Lipinski definition) is 0. The van der Waals surface area contributed by atoms with Crippen molar-refractivity contribution < 1.29 is 45.4 Å². The summed E-state index contributed by atoms with van der Waals surface area (Å²) in [6, 6.07) is 0. The average Bonchev–Trinajstić information content (AvgIpc) is 2.65. The molecule has 0 aliphatic carbocycles. The second kappa shape index (κ2) is 20.9. The van der Waals surface area contributed by atoms with Crippen LogP contribution < -0.4 is 29.6 Å². The number of hydroxylamine groups is 2. The molecule has 1 heterocycles. The molecule has 0 amide bonds. The van der Waals surface area contributed by atoms with Crippen molar-refractivity contribution in [3.63, 3.8) is 0 Å². The van der Waals surface area contributed by atoms with E-state index in [1.807, 2.05) is 0 Å². The standard InChI is InChI=1S/C22H41NO3.Na.H/c1-2-3-4-5-6-7-8-9-10-11-12-13-14-15-16-17-22(24)26-23-18-20-25-21-19-23;;/h9-10H,2-8,11-21H2,1H3;;/q;+1;-1/b10-9-;;. The number of rotatable bonds is 16. The van der Waals surface area contributed by atoms with Gasteiger partial charge in [0.05, 0.1) is 26.3 Å². The summed E-state index contributed by atoms with van der Waals surface area (Å²) >= 11 is 0. The van der Waals surface area contributed by atoms with Gasteiger partial charge in [-0.2, -0.15) is 0 Å². The maximum absolute atomic E-state index is 11.7. The maximum atomic E-state index is 11.7. The molecule has 0 bridgehead atoms. The molecule has 4 nitrogen and oxygen atoms in total. The van der Waals surface area contributed by atoms with Crippen LogP contribution in [0.4, 0.5) is 0 Å².